The molecule has 1 saturated heterocycles. The molecule has 0 aliphatic carbocycles. The van der Waals surface area contributed by atoms with Crippen molar-refractivity contribution in [1.82, 2.24) is 10.2 Å². The van der Waals surface area contributed by atoms with Crippen molar-refractivity contribution in [3.05, 3.63) is 93.1 Å². The number of thioether (sulfide) groups is 1. The summed E-state index contributed by atoms with van der Waals surface area (Å²) >= 11 is 8.09. The van der Waals surface area contributed by atoms with Gasteiger partial charge in [-0.1, -0.05) is 71.9 Å². The lowest BCUT2D eigenvalue weighted by Crippen LogP contribution is -2.39. The SMILES string of the molecule is CC1=C(C(=O)OCc2ccccc2)C(c2ccccc2Cl)N2C(CC(=O)NCC3CCCO3)=CSC2=N1. The highest BCUT2D eigenvalue weighted by Gasteiger charge is 2.42. The number of amidine groups is 1. The molecule has 5 rings (SSSR count). The molecule has 2 unspecified atom stereocenters. The number of nitrogens with zero attached hydrogens (tertiary/aromatic N) is 2. The van der Waals surface area contributed by atoms with Crippen LogP contribution in [0.25, 0.3) is 0 Å². The van der Waals surface area contributed by atoms with E-state index in [0.717, 1.165) is 36.3 Å². The molecule has 2 aromatic rings. The topological polar surface area (TPSA) is 80.2 Å². The molecule has 37 heavy (non-hydrogen) atoms. The third kappa shape index (κ3) is 5.76. The molecule has 9 heteroatoms. The van der Waals surface area contributed by atoms with Gasteiger partial charge in [-0.05, 0) is 42.4 Å². The van der Waals surface area contributed by atoms with E-state index in [0.29, 0.717) is 28.0 Å². The number of fused-ring (bicyclic) bond motifs is 1. The van der Waals surface area contributed by atoms with E-state index in [4.69, 9.17) is 26.1 Å². The lowest BCUT2D eigenvalue weighted by molar-refractivity contribution is -0.141. The molecule has 192 valence electrons. The van der Waals surface area contributed by atoms with E-state index >= 15 is 0 Å². The molecule has 1 N–H and O–H groups in total. The summed E-state index contributed by atoms with van der Waals surface area (Å²) in [6.45, 7) is 3.18. The molecular formula is C28H28ClN3O4S. The van der Waals surface area contributed by atoms with Crippen LogP contribution in [0.4, 0.5) is 0 Å². The standard InChI is InChI=1S/C28H28ClN3O4S/c1-18-25(27(34)36-16-19-8-3-2-4-9-19)26(22-11-5-6-12-23(22)29)32-20(17-37-28(32)31-18)14-24(33)30-15-21-10-7-13-35-21/h2-6,8-9,11-12,17,21,26H,7,10,13-16H2,1H3,(H,30,33). The number of hydrogen-bond donors (Lipinski definition) is 1. The smallest absolute Gasteiger partial charge is 0.338 e. The Hall–Kier alpha value is -3.07. The fourth-order valence-corrected chi connectivity index (χ4v) is 5.89. The van der Waals surface area contributed by atoms with Crippen LogP contribution in [0.5, 0.6) is 0 Å². The highest BCUT2D eigenvalue weighted by atomic mass is 35.5. The largest absolute Gasteiger partial charge is 0.457 e. The van der Waals surface area contributed by atoms with Gasteiger partial charge in [0.2, 0.25) is 5.91 Å². The molecule has 0 radical (unpaired) electrons. The zero-order valence-electron chi connectivity index (χ0n) is 20.5. The van der Waals surface area contributed by atoms with Gasteiger partial charge in [0, 0.05) is 23.9 Å². The van der Waals surface area contributed by atoms with Crippen molar-refractivity contribution in [3.63, 3.8) is 0 Å². The molecule has 7 nitrogen and oxygen atoms in total. The number of allylic oxidation sites excluding steroid dienone is 1. The van der Waals surface area contributed by atoms with E-state index in [2.05, 4.69) is 5.32 Å². The van der Waals surface area contributed by atoms with Crippen molar-refractivity contribution < 1.29 is 19.1 Å². The van der Waals surface area contributed by atoms with Gasteiger partial charge in [0.25, 0.3) is 0 Å². The van der Waals surface area contributed by atoms with Crippen LogP contribution in [0.3, 0.4) is 0 Å². The Morgan fingerprint density at radius 2 is 1.97 bits per heavy atom. The number of carbonyl (C=O) groups excluding carboxylic acids is 2. The first-order valence-corrected chi connectivity index (χ1v) is 13.5. The van der Waals surface area contributed by atoms with E-state index in [1.165, 1.54) is 11.8 Å². The molecule has 0 bridgehead atoms. The second-order valence-electron chi connectivity index (χ2n) is 9.09. The van der Waals surface area contributed by atoms with E-state index in [1.54, 1.807) is 13.0 Å². The zero-order valence-corrected chi connectivity index (χ0v) is 22.1. The minimum atomic E-state index is -0.573. The van der Waals surface area contributed by atoms with Crippen molar-refractivity contribution in [1.29, 1.82) is 0 Å². The summed E-state index contributed by atoms with van der Waals surface area (Å²) in [5, 5.41) is 6.12. The molecule has 2 atom stereocenters. The van der Waals surface area contributed by atoms with Crippen LogP contribution in [0.15, 0.2) is 82.0 Å². The molecule has 0 aromatic heterocycles. The summed E-state index contributed by atoms with van der Waals surface area (Å²) in [7, 11) is 0. The number of aliphatic imine (C=N–C) groups is 1. The van der Waals surface area contributed by atoms with E-state index < -0.39 is 12.0 Å². The number of rotatable bonds is 8. The van der Waals surface area contributed by atoms with Crippen molar-refractivity contribution in [2.45, 2.75) is 44.9 Å². The van der Waals surface area contributed by atoms with Gasteiger partial charge in [-0.15, -0.1) is 0 Å². The summed E-state index contributed by atoms with van der Waals surface area (Å²) in [6, 6.07) is 16.4. The minimum absolute atomic E-state index is 0.0652. The number of amides is 1. The Morgan fingerprint density at radius 3 is 2.73 bits per heavy atom. The second kappa shape index (κ2) is 11.5. The van der Waals surface area contributed by atoms with E-state index in [9.17, 15) is 9.59 Å². The van der Waals surface area contributed by atoms with E-state index in [1.807, 2.05) is 58.8 Å². The van der Waals surface area contributed by atoms with Crippen molar-refractivity contribution in [2.24, 2.45) is 4.99 Å². The summed E-state index contributed by atoms with van der Waals surface area (Å²) in [4.78, 5) is 33.0. The van der Waals surface area contributed by atoms with Crippen molar-refractivity contribution in [2.75, 3.05) is 13.2 Å². The Morgan fingerprint density at radius 1 is 1.19 bits per heavy atom. The molecule has 3 heterocycles. The monoisotopic (exact) mass is 537 g/mol. The highest BCUT2D eigenvalue weighted by Crippen LogP contribution is 2.46. The summed E-state index contributed by atoms with van der Waals surface area (Å²) in [6.07, 6.45) is 2.18. The summed E-state index contributed by atoms with van der Waals surface area (Å²) < 4.78 is 11.4. The maximum Gasteiger partial charge on any atom is 0.338 e. The number of hydrogen-bond acceptors (Lipinski definition) is 7. The van der Waals surface area contributed by atoms with Gasteiger partial charge < -0.3 is 19.7 Å². The van der Waals surface area contributed by atoms with Gasteiger partial charge in [-0.25, -0.2) is 9.79 Å². The fourth-order valence-electron chi connectivity index (χ4n) is 4.68. The van der Waals surface area contributed by atoms with Crippen LogP contribution in [0.1, 0.15) is 43.4 Å². The zero-order chi connectivity index (χ0) is 25.8. The molecule has 0 spiro atoms. The number of nitrogens with one attached hydrogen (secondary N) is 1. The number of carbonyl (C=O) groups is 2. The summed E-state index contributed by atoms with van der Waals surface area (Å²) in [5.41, 5.74) is 3.36. The molecule has 3 aliphatic rings. The van der Waals surface area contributed by atoms with Crippen LogP contribution in [0, 0.1) is 0 Å². The molecule has 1 fully saturated rings. The number of benzene rings is 2. The predicted octanol–water partition coefficient (Wildman–Crippen LogP) is 5.34. The van der Waals surface area contributed by atoms with Crippen LogP contribution in [0.2, 0.25) is 5.02 Å². The molecular weight excluding hydrogens is 510 g/mol. The van der Waals surface area contributed by atoms with Crippen LogP contribution in [-0.4, -0.2) is 41.2 Å². The molecule has 2 aromatic carbocycles. The Bertz CT molecular complexity index is 1270. The van der Waals surface area contributed by atoms with Gasteiger partial charge in [0.05, 0.1) is 29.8 Å². The number of halogens is 1. The first-order valence-electron chi connectivity index (χ1n) is 12.3. The first-order chi connectivity index (χ1) is 18.0. The Balaban J connectivity index is 1.40. The second-order valence-corrected chi connectivity index (χ2v) is 10.3. The maximum absolute atomic E-state index is 13.5. The first kappa shape index (κ1) is 25.6. The van der Waals surface area contributed by atoms with Crippen LogP contribution in [-0.2, 0) is 25.7 Å². The predicted molar refractivity (Wildman–Crippen MR) is 145 cm³/mol. The van der Waals surface area contributed by atoms with Gasteiger partial charge in [0.15, 0.2) is 5.17 Å². The van der Waals surface area contributed by atoms with Gasteiger partial charge in [0.1, 0.15) is 6.61 Å². The van der Waals surface area contributed by atoms with Gasteiger partial charge in [-0.3, -0.25) is 4.79 Å². The Labute approximate surface area is 225 Å². The summed E-state index contributed by atoms with van der Waals surface area (Å²) in [5.74, 6) is -0.575. The average molecular weight is 538 g/mol. The lowest BCUT2D eigenvalue weighted by Gasteiger charge is -2.36. The number of ether oxygens (including phenoxy) is 2. The van der Waals surface area contributed by atoms with Gasteiger partial charge >= 0.3 is 5.97 Å². The maximum atomic E-state index is 13.5. The molecule has 0 saturated carbocycles. The average Bonchev–Trinajstić information content (AvgIpc) is 3.56. The lowest BCUT2D eigenvalue weighted by atomic mass is 9.93. The van der Waals surface area contributed by atoms with Crippen LogP contribution >= 0.6 is 23.4 Å². The minimum Gasteiger partial charge on any atom is -0.457 e. The van der Waals surface area contributed by atoms with E-state index in [-0.39, 0.29) is 25.0 Å². The highest BCUT2D eigenvalue weighted by molar-refractivity contribution is 8.16. The Kier molecular flexibility index (Phi) is 7.98. The molecule has 1 amide bonds. The quantitative estimate of drug-likeness (QED) is 0.458. The normalized spacial score (nSPS) is 20.9. The molecule has 3 aliphatic heterocycles. The fraction of sp³-hybridized carbons (Fsp3) is 0.321. The van der Waals surface area contributed by atoms with Crippen LogP contribution < -0.4 is 5.32 Å². The van der Waals surface area contributed by atoms with Crippen molar-refractivity contribution in [3.8, 4) is 0 Å². The number of esters is 1. The van der Waals surface area contributed by atoms with Crippen molar-refractivity contribution >= 4 is 40.4 Å². The van der Waals surface area contributed by atoms with Gasteiger partial charge in [-0.2, -0.15) is 0 Å². The third-order valence-electron chi connectivity index (χ3n) is 6.53. The third-order valence-corrected chi connectivity index (χ3v) is 7.76.